The van der Waals surface area contributed by atoms with Crippen LogP contribution in [-0.2, 0) is 0 Å². The molecule has 3 aromatic rings. The smallest absolute Gasteiger partial charge is 0.259 e. The minimum Gasteiger partial charge on any atom is -0.384 e. The number of nitrogens with one attached hydrogen (secondary N) is 1. The number of rotatable bonds is 2. The summed E-state index contributed by atoms with van der Waals surface area (Å²) in [5.74, 6) is 0.132. The number of amides is 1. The summed E-state index contributed by atoms with van der Waals surface area (Å²) >= 11 is 0. The van der Waals surface area contributed by atoms with Crippen molar-refractivity contribution in [2.45, 2.75) is 0 Å². The number of hydrogen-bond acceptors (Lipinski definition) is 5. The van der Waals surface area contributed by atoms with Crippen LogP contribution in [0.1, 0.15) is 10.4 Å². The van der Waals surface area contributed by atoms with E-state index in [0.717, 1.165) is 0 Å². The van der Waals surface area contributed by atoms with Gasteiger partial charge < -0.3 is 11.1 Å². The first kappa shape index (κ1) is 11.1. The van der Waals surface area contributed by atoms with E-state index in [1.807, 2.05) is 0 Å². The lowest BCUT2D eigenvalue weighted by molar-refractivity contribution is 0.102. The van der Waals surface area contributed by atoms with Crippen molar-refractivity contribution < 1.29 is 4.79 Å². The molecule has 0 unspecified atom stereocenters. The Hall–Kier alpha value is -2.96. The molecule has 0 saturated carbocycles. The highest BCUT2D eigenvalue weighted by atomic mass is 16.1. The molecule has 0 spiro atoms. The van der Waals surface area contributed by atoms with Crippen LogP contribution >= 0.6 is 0 Å². The molecule has 0 fully saturated rings. The number of nitrogens with two attached hydrogens (primary N) is 1. The fourth-order valence-corrected chi connectivity index (χ4v) is 1.69. The summed E-state index contributed by atoms with van der Waals surface area (Å²) in [7, 11) is 0. The van der Waals surface area contributed by atoms with Crippen molar-refractivity contribution in [3.05, 3.63) is 48.7 Å². The van der Waals surface area contributed by atoms with Crippen LogP contribution in [0.15, 0.2) is 43.1 Å². The highest BCUT2D eigenvalue weighted by Crippen LogP contribution is 2.13. The molecule has 0 radical (unpaired) electrons. The first-order chi connectivity index (χ1) is 9.24. The third-order valence-corrected chi connectivity index (χ3v) is 2.61. The monoisotopic (exact) mass is 254 g/mol. The maximum absolute atomic E-state index is 12.1. The van der Waals surface area contributed by atoms with E-state index in [4.69, 9.17) is 5.73 Å². The first-order valence-electron chi connectivity index (χ1n) is 5.54. The van der Waals surface area contributed by atoms with Crippen molar-refractivity contribution in [2.75, 3.05) is 11.1 Å². The quantitative estimate of drug-likeness (QED) is 0.709. The summed E-state index contributed by atoms with van der Waals surface area (Å²) in [6.45, 7) is 0. The molecule has 3 aromatic heterocycles. The molecule has 0 atom stereocenters. The third-order valence-electron chi connectivity index (χ3n) is 2.61. The van der Waals surface area contributed by atoms with Gasteiger partial charge in [0.1, 0.15) is 5.82 Å². The number of carbonyl (C=O) groups is 1. The average molecular weight is 254 g/mol. The van der Waals surface area contributed by atoms with Crippen molar-refractivity contribution in [1.82, 2.24) is 19.6 Å². The predicted molar refractivity (Wildman–Crippen MR) is 69.6 cm³/mol. The van der Waals surface area contributed by atoms with Crippen LogP contribution in [0.25, 0.3) is 5.52 Å². The van der Waals surface area contributed by atoms with Crippen LogP contribution in [0, 0.1) is 0 Å². The molecule has 0 aliphatic carbocycles. The third kappa shape index (κ3) is 2.08. The van der Waals surface area contributed by atoms with Gasteiger partial charge in [0.25, 0.3) is 5.91 Å². The Morgan fingerprint density at radius 1 is 1.26 bits per heavy atom. The number of pyridine rings is 1. The van der Waals surface area contributed by atoms with E-state index in [2.05, 4.69) is 20.4 Å². The lowest BCUT2D eigenvalue weighted by atomic mass is 10.2. The lowest BCUT2D eigenvalue weighted by Crippen LogP contribution is -2.12. The molecule has 3 heterocycles. The van der Waals surface area contributed by atoms with E-state index in [1.54, 1.807) is 35.2 Å². The van der Waals surface area contributed by atoms with Gasteiger partial charge in [-0.15, -0.1) is 0 Å². The van der Waals surface area contributed by atoms with Crippen LogP contribution in [0.3, 0.4) is 0 Å². The van der Waals surface area contributed by atoms with Gasteiger partial charge in [0, 0.05) is 12.4 Å². The summed E-state index contributed by atoms with van der Waals surface area (Å²) in [5.41, 5.74) is 7.14. The summed E-state index contributed by atoms with van der Waals surface area (Å²) < 4.78 is 1.59. The molecule has 3 rings (SSSR count). The van der Waals surface area contributed by atoms with E-state index in [9.17, 15) is 4.79 Å². The van der Waals surface area contributed by atoms with Crippen molar-refractivity contribution >= 4 is 22.9 Å². The maximum atomic E-state index is 12.1. The van der Waals surface area contributed by atoms with Crippen molar-refractivity contribution in [3.63, 3.8) is 0 Å². The molecule has 0 bridgehead atoms. The standard InChI is InChI=1S/C12H10N6O/c13-11-2-1-8(5-15-11)17-12(19)9-6-16-18-4-3-14-7-10(9)18/h1-7H,(H2,13,15)(H,17,19). The van der Waals surface area contributed by atoms with Crippen LogP contribution in [0.5, 0.6) is 0 Å². The molecule has 1 amide bonds. The largest absolute Gasteiger partial charge is 0.384 e. The maximum Gasteiger partial charge on any atom is 0.259 e. The summed E-state index contributed by atoms with van der Waals surface area (Å²) in [4.78, 5) is 20.0. The minimum atomic E-state index is -0.269. The molecule has 0 saturated heterocycles. The van der Waals surface area contributed by atoms with E-state index < -0.39 is 0 Å². The number of hydrogen-bond donors (Lipinski definition) is 2. The van der Waals surface area contributed by atoms with Crippen LogP contribution in [0.2, 0.25) is 0 Å². The van der Waals surface area contributed by atoms with Gasteiger partial charge in [-0.1, -0.05) is 0 Å². The van der Waals surface area contributed by atoms with Crippen LogP contribution in [-0.4, -0.2) is 25.5 Å². The lowest BCUT2D eigenvalue weighted by Gasteiger charge is -2.03. The van der Waals surface area contributed by atoms with E-state index in [0.29, 0.717) is 22.6 Å². The van der Waals surface area contributed by atoms with Gasteiger partial charge in [-0.25, -0.2) is 9.50 Å². The number of nitrogen functional groups attached to an aromatic ring is 1. The second-order valence-corrected chi connectivity index (χ2v) is 3.89. The highest BCUT2D eigenvalue weighted by molar-refractivity contribution is 6.08. The Morgan fingerprint density at radius 3 is 2.95 bits per heavy atom. The Morgan fingerprint density at radius 2 is 2.16 bits per heavy atom. The van der Waals surface area contributed by atoms with Gasteiger partial charge >= 0.3 is 0 Å². The average Bonchev–Trinajstić information content (AvgIpc) is 2.85. The Balaban J connectivity index is 1.90. The number of nitrogens with zero attached hydrogens (tertiary/aromatic N) is 4. The zero-order valence-electron chi connectivity index (χ0n) is 9.82. The number of aromatic nitrogens is 4. The fourth-order valence-electron chi connectivity index (χ4n) is 1.69. The van der Waals surface area contributed by atoms with Crippen LogP contribution in [0.4, 0.5) is 11.5 Å². The van der Waals surface area contributed by atoms with E-state index >= 15 is 0 Å². The summed E-state index contributed by atoms with van der Waals surface area (Å²) in [6.07, 6.45) is 7.86. The van der Waals surface area contributed by atoms with Crippen LogP contribution < -0.4 is 11.1 Å². The molecule has 0 aliphatic heterocycles. The number of carbonyl (C=O) groups excluding carboxylic acids is 1. The molecule has 19 heavy (non-hydrogen) atoms. The number of anilines is 2. The fraction of sp³-hybridized carbons (Fsp3) is 0. The van der Waals surface area contributed by atoms with Crippen molar-refractivity contribution in [2.24, 2.45) is 0 Å². The number of fused-ring (bicyclic) bond motifs is 1. The Kier molecular flexibility index (Phi) is 2.57. The van der Waals surface area contributed by atoms with Gasteiger partial charge in [0.05, 0.1) is 35.4 Å². The molecule has 0 aliphatic rings. The summed E-state index contributed by atoms with van der Waals surface area (Å²) in [5, 5.41) is 6.80. The molecular formula is C12H10N6O. The molecule has 3 N–H and O–H groups in total. The van der Waals surface area contributed by atoms with Gasteiger partial charge in [-0.2, -0.15) is 5.10 Å². The van der Waals surface area contributed by atoms with Crippen molar-refractivity contribution in [1.29, 1.82) is 0 Å². The zero-order valence-corrected chi connectivity index (χ0v) is 9.82. The molecule has 94 valence electrons. The second kappa shape index (κ2) is 4.37. The zero-order chi connectivity index (χ0) is 13.2. The van der Waals surface area contributed by atoms with Gasteiger partial charge in [0.2, 0.25) is 0 Å². The molecule has 7 heteroatoms. The first-order valence-corrected chi connectivity index (χ1v) is 5.54. The molecule has 0 aromatic carbocycles. The Bertz CT molecular complexity index is 733. The molecule has 7 nitrogen and oxygen atoms in total. The SMILES string of the molecule is Nc1ccc(NC(=O)c2cnn3ccncc23)cn1. The Labute approximate surface area is 108 Å². The van der Waals surface area contributed by atoms with E-state index in [-0.39, 0.29) is 5.91 Å². The topological polar surface area (TPSA) is 98.2 Å². The summed E-state index contributed by atoms with van der Waals surface area (Å²) in [6, 6.07) is 3.30. The van der Waals surface area contributed by atoms with Gasteiger partial charge in [-0.05, 0) is 12.1 Å². The van der Waals surface area contributed by atoms with Crippen molar-refractivity contribution in [3.8, 4) is 0 Å². The van der Waals surface area contributed by atoms with E-state index in [1.165, 1.54) is 12.4 Å². The second-order valence-electron chi connectivity index (χ2n) is 3.89. The predicted octanol–water partition coefficient (Wildman–Crippen LogP) is 0.959. The highest BCUT2D eigenvalue weighted by Gasteiger charge is 2.12. The van der Waals surface area contributed by atoms with Gasteiger partial charge in [0.15, 0.2) is 0 Å². The molecular weight excluding hydrogens is 244 g/mol. The van der Waals surface area contributed by atoms with Gasteiger partial charge in [-0.3, -0.25) is 9.78 Å². The normalized spacial score (nSPS) is 10.5. The minimum absolute atomic E-state index is 0.269.